The molecule has 0 atom stereocenters. The van der Waals surface area contributed by atoms with Gasteiger partial charge in [0.25, 0.3) is 0 Å². The third-order valence-corrected chi connectivity index (χ3v) is 3.70. The summed E-state index contributed by atoms with van der Waals surface area (Å²) in [5, 5.41) is 12.5. The van der Waals surface area contributed by atoms with Crippen LogP contribution in [0.3, 0.4) is 0 Å². The van der Waals surface area contributed by atoms with E-state index in [-0.39, 0.29) is 0 Å². The first-order chi connectivity index (χ1) is 7.03. The Morgan fingerprint density at radius 3 is 2.67 bits per heavy atom. The van der Waals surface area contributed by atoms with Gasteiger partial charge in [0.2, 0.25) is 0 Å². The zero-order valence-corrected chi connectivity index (χ0v) is 10.1. The van der Waals surface area contributed by atoms with E-state index in [1.807, 2.05) is 0 Å². The van der Waals surface area contributed by atoms with E-state index in [1.54, 1.807) is 18.2 Å². The lowest BCUT2D eigenvalue weighted by molar-refractivity contribution is -0.138. The minimum atomic E-state index is -0.804. The summed E-state index contributed by atoms with van der Waals surface area (Å²) >= 11 is 9.19. The van der Waals surface area contributed by atoms with Crippen molar-refractivity contribution in [2.75, 3.05) is 5.32 Å². The molecule has 0 bridgehead atoms. The van der Waals surface area contributed by atoms with Crippen molar-refractivity contribution in [1.29, 1.82) is 0 Å². The maximum atomic E-state index is 10.9. The highest BCUT2D eigenvalue weighted by molar-refractivity contribution is 9.10. The molecule has 1 aliphatic rings. The van der Waals surface area contributed by atoms with Gasteiger partial charge in [-0.2, -0.15) is 0 Å². The van der Waals surface area contributed by atoms with Crippen molar-refractivity contribution in [3.63, 3.8) is 0 Å². The molecule has 2 rings (SSSR count). The van der Waals surface area contributed by atoms with E-state index in [4.69, 9.17) is 16.7 Å². The number of rotatable bonds is 3. The van der Waals surface area contributed by atoms with Gasteiger partial charge in [-0.1, -0.05) is 11.6 Å². The lowest BCUT2D eigenvalue weighted by atomic mass is 10.2. The molecule has 0 amide bonds. The van der Waals surface area contributed by atoms with Gasteiger partial charge in [-0.3, -0.25) is 0 Å². The molecule has 0 radical (unpaired) electrons. The average molecular weight is 291 g/mol. The van der Waals surface area contributed by atoms with E-state index in [0.717, 1.165) is 10.2 Å². The molecule has 5 heteroatoms. The average Bonchev–Trinajstić information content (AvgIpc) is 2.93. The van der Waals surface area contributed by atoms with Gasteiger partial charge in [-0.15, -0.1) is 0 Å². The van der Waals surface area contributed by atoms with Crippen LogP contribution in [0.2, 0.25) is 5.02 Å². The van der Waals surface area contributed by atoms with Crippen molar-refractivity contribution in [1.82, 2.24) is 0 Å². The van der Waals surface area contributed by atoms with Crippen LogP contribution in [-0.4, -0.2) is 16.6 Å². The van der Waals surface area contributed by atoms with Crippen molar-refractivity contribution < 1.29 is 9.90 Å². The fourth-order valence-corrected chi connectivity index (χ4v) is 1.79. The molecule has 3 nitrogen and oxygen atoms in total. The second kappa shape index (κ2) is 3.68. The van der Waals surface area contributed by atoms with Gasteiger partial charge in [0, 0.05) is 10.2 Å². The zero-order valence-electron chi connectivity index (χ0n) is 7.76. The van der Waals surface area contributed by atoms with Gasteiger partial charge >= 0.3 is 5.97 Å². The van der Waals surface area contributed by atoms with Crippen LogP contribution in [-0.2, 0) is 4.79 Å². The number of hydrogen-bond donors (Lipinski definition) is 2. The van der Waals surface area contributed by atoms with E-state index in [0.29, 0.717) is 17.9 Å². The molecule has 0 spiro atoms. The van der Waals surface area contributed by atoms with Crippen molar-refractivity contribution in [3.05, 3.63) is 27.7 Å². The number of nitrogens with one attached hydrogen (secondary N) is 1. The number of halogens is 2. The standard InChI is InChI=1S/C10H9BrClNO2/c11-7-2-1-6(5-8(7)12)13-10(3-4-10)9(14)15/h1-2,5,13H,3-4H2,(H,14,15). The predicted octanol–water partition coefficient (Wildman–Crippen LogP) is 3.13. The third kappa shape index (κ3) is 2.11. The summed E-state index contributed by atoms with van der Waals surface area (Å²) in [6.07, 6.45) is 1.33. The van der Waals surface area contributed by atoms with Gasteiger partial charge in [-0.05, 0) is 47.0 Å². The first-order valence-electron chi connectivity index (χ1n) is 4.50. The molecule has 1 fully saturated rings. The lowest BCUT2D eigenvalue weighted by Gasteiger charge is -2.14. The fraction of sp³-hybridized carbons (Fsp3) is 0.300. The van der Waals surface area contributed by atoms with Gasteiger partial charge in [-0.25, -0.2) is 4.79 Å². The number of carboxylic acid groups (broad SMARTS) is 1. The first kappa shape index (κ1) is 10.8. The Hall–Kier alpha value is -0.740. The molecule has 80 valence electrons. The number of hydrogen-bond acceptors (Lipinski definition) is 2. The highest BCUT2D eigenvalue weighted by Gasteiger charge is 2.50. The first-order valence-corrected chi connectivity index (χ1v) is 5.67. The number of benzene rings is 1. The van der Waals surface area contributed by atoms with Crippen LogP contribution in [0.4, 0.5) is 5.69 Å². The maximum Gasteiger partial charge on any atom is 0.329 e. The Bertz CT molecular complexity index is 418. The van der Waals surface area contributed by atoms with Crippen LogP contribution in [0, 0.1) is 0 Å². The van der Waals surface area contributed by atoms with E-state index in [9.17, 15) is 4.79 Å². The topological polar surface area (TPSA) is 49.3 Å². The Balaban J connectivity index is 2.18. The monoisotopic (exact) mass is 289 g/mol. The van der Waals surface area contributed by atoms with Gasteiger partial charge in [0.05, 0.1) is 5.02 Å². The largest absolute Gasteiger partial charge is 0.480 e. The smallest absolute Gasteiger partial charge is 0.329 e. The molecule has 1 saturated carbocycles. The predicted molar refractivity (Wildman–Crippen MR) is 62.4 cm³/mol. The molecule has 0 unspecified atom stereocenters. The molecule has 1 aliphatic carbocycles. The Morgan fingerprint density at radius 1 is 1.53 bits per heavy atom. The Kier molecular flexibility index (Phi) is 2.64. The van der Waals surface area contributed by atoms with E-state index >= 15 is 0 Å². The van der Waals surface area contributed by atoms with Crippen molar-refractivity contribution in [3.8, 4) is 0 Å². The molecule has 0 saturated heterocycles. The summed E-state index contributed by atoms with van der Waals surface area (Å²) in [6.45, 7) is 0. The van der Waals surface area contributed by atoms with E-state index < -0.39 is 11.5 Å². The summed E-state index contributed by atoms with van der Waals surface area (Å²) < 4.78 is 0.801. The molecule has 1 aromatic carbocycles. The minimum Gasteiger partial charge on any atom is -0.480 e. The zero-order chi connectivity index (χ0) is 11.1. The van der Waals surface area contributed by atoms with Crippen LogP contribution in [0.25, 0.3) is 0 Å². The highest BCUT2D eigenvalue weighted by Crippen LogP contribution is 2.40. The van der Waals surface area contributed by atoms with Crippen LogP contribution in [0.5, 0.6) is 0 Å². The van der Waals surface area contributed by atoms with Crippen molar-refractivity contribution >= 4 is 39.2 Å². The number of anilines is 1. The van der Waals surface area contributed by atoms with Crippen molar-refractivity contribution in [2.45, 2.75) is 18.4 Å². The van der Waals surface area contributed by atoms with Crippen molar-refractivity contribution in [2.24, 2.45) is 0 Å². The van der Waals surface area contributed by atoms with Crippen LogP contribution >= 0.6 is 27.5 Å². The lowest BCUT2D eigenvalue weighted by Crippen LogP contribution is -2.31. The van der Waals surface area contributed by atoms with E-state index in [1.165, 1.54) is 0 Å². The summed E-state index contributed by atoms with van der Waals surface area (Å²) in [5.41, 5.74) is -0.0277. The molecular weight excluding hydrogens is 281 g/mol. The number of carbonyl (C=O) groups is 1. The molecular formula is C10H9BrClNO2. The normalized spacial score (nSPS) is 17.2. The Labute approximate surface area is 101 Å². The van der Waals surface area contributed by atoms with Gasteiger partial charge in [0.15, 0.2) is 0 Å². The van der Waals surface area contributed by atoms with Crippen LogP contribution in [0.1, 0.15) is 12.8 Å². The second-order valence-corrected chi connectivity index (χ2v) is 4.90. The van der Waals surface area contributed by atoms with Crippen LogP contribution in [0.15, 0.2) is 22.7 Å². The van der Waals surface area contributed by atoms with Crippen LogP contribution < -0.4 is 5.32 Å². The van der Waals surface area contributed by atoms with Gasteiger partial charge < -0.3 is 10.4 Å². The third-order valence-electron chi connectivity index (χ3n) is 2.46. The molecule has 2 N–H and O–H groups in total. The Morgan fingerprint density at radius 2 is 2.20 bits per heavy atom. The molecule has 0 aromatic heterocycles. The maximum absolute atomic E-state index is 10.9. The second-order valence-electron chi connectivity index (χ2n) is 3.64. The van der Waals surface area contributed by atoms with Gasteiger partial charge in [0.1, 0.15) is 5.54 Å². The molecule has 15 heavy (non-hydrogen) atoms. The summed E-state index contributed by atoms with van der Waals surface area (Å²) in [4.78, 5) is 10.9. The molecule has 1 aromatic rings. The quantitative estimate of drug-likeness (QED) is 0.899. The fourth-order valence-electron chi connectivity index (χ4n) is 1.37. The number of carboxylic acids is 1. The number of aliphatic carboxylic acids is 1. The molecule has 0 aliphatic heterocycles. The molecule has 0 heterocycles. The summed E-state index contributed by atoms with van der Waals surface area (Å²) in [5.74, 6) is -0.804. The highest BCUT2D eigenvalue weighted by atomic mass is 79.9. The summed E-state index contributed by atoms with van der Waals surface area (Å²) in [6, 6.07) is 5.32. The summed E-state index contributed by atoms with van der Waals surface area (Å²) in [7, 11) is 0. The minimum absolute atomic E-state index is 0.571. The van der Waals surface area contributed by atoms with E-state index in [2.05, 4.69) is 21.2 Å². The SMILES string of the molecule is O=C(O)C1(Nc2ccc(Br)c(Cl)c2)CC1.